The zero-order chi connectivity index (χ0) is 21.8. The molecule has 0 aliphatic carbocycles. The quantitative estimate of drug-likeness (QED) is 0.224. The Labute approximate surface area is 173 Å². The van der Waals surface area contributed by atoms with Crippen LogP contribution in [0.1, 0.15) is 23.6 Å². The van der Waals surface area contributed by atoms with E-state index in [0.29, 0.717) is 34.8 Å². The minimum Gasteiger partial charge on any atom is -0.493 e. The number of esters is 1. The number of nitro groups is 1. The number of benzene rings is 2. The van der Waals surface area contributed by atoms with E-state index in [-0.39, 0.29) is 17.3 Å². The Balaban J connectivity index is 1.90. The predicted octanol–water partition coefficient (Wildman–Crippen LogP) is 4.21. The molecule has 3 rings (SSSR count). The summed E-state index contributed by atoms with van der Waals surface area (Å²) in [7, 11) is 1.52. The van der Waals surface area contributed by atoms with E-state index in [1.54, 1.807) is 43.3 Å². The molecule has 0 radical (unpaired) electrons. The highest BCUT2D eigenvalue weighted by Gasteiger charge is 2.26. The summed E-state index contributed by atoms with van der Waals surface area (Å²) < 4.78 is 16.2. The van der Waals surface area contributed by atoms with Crippen LogP contribution in [-0.2, 0) is 9.53 Å². The van der Waals surface area contributed by atoms with Gasteiger partial charge in [-0.15, -0.1) is 0 Å². The van der Waals surface area contributed by atoms with E-state index in [1.807, 2.05) is 6.92 Å². The molecule has 0 saturated carbocycles. The van der Waals surface area contributed by atoms with Crippen molar-refractivity contribution < 1.29 is 23.9 Å². The lowest BCUT2D eigenvalue weighted by Gasteiger charge is -2.11. The number of hydrogen-bond donors (Lipinski definition) is 0. The molecule has 30 heavy (non-hydrogen) atoms. The fraction of sp³-hybridized carbons (Fsp3) is 0.182. The zero-order valence-corrected chi connectivity index (χ0v) is 16.8. The van der Waals surface area contributed by atoms with Crippen molar-refractivity contribution >= 4 is 23.6 Å². The Morgan fingerprint density at radius 2 is 2.03 bits per heavy atom. The van der Waals surface area contributed by atoms with Crippen molar-refractivity contribution in [2.24, 2.45) is 4.99 Å². The predicted molar refractivity (Wildman–Crippen MR) is 112 cm³/mol. The number of aryl methyl sites for hydroxylation is 1. The summed E-state index contributed by atoms with van der Waals surface area (Å²) in [5.74, 6) is 0.417. The van der Waals surface area contributed by atoms with Crippen LogP contribution in [0.4, 0.5) is 5.69 Å². The number of rotatable bonds is 7. The van der Waals surface area contributed by atoms with Crippen LogP contribution in [-0.4, -0.2) is 30.5 Å². The second kappa shape index (κ2) is 8.60. The molecule has 0 unspecified atom stereocenters. The molecule has 1 aliphatic rings. The van der Waals surface area contributed by atoms with Gasteiger partial charge < -0.3 is 14.2 Å². The maximum Gasteiger partial charge on any atom is 0.363 e. The van der Waals surface area contributed by atoms with Gasteiger partial charge in [0.15, 0.2) is 17.2 Å². The minimum atomic E-state index is -0.644. The van der Waals surface area contributed by atoms with E-state index in [1.165, 1.54) is 13.2 Å². The molecule has 0 saturated heterocycles. The molecule has 2 aromatic rings. The van der Waals surface area contributed by atoms with Gasteiger partial charge in [0.2, 0.25) is 5.90 Å². The molecule has 0 spiro atoms. The van der Waals surface area contributed by atoms with Crippen molar-refractivity contribution in [1.82, 2.24) is 0 Å². The average molecular weight is 408 g/mol. The Morgan fingerprint density at radius 1 is 1.27 bits per heavy atom. The average Bonchev–Trinajstić information content (AvgIpc) is 3.07. The van der Waals surface area contributed by atoms with E-state index in [9.17, 15) is 14.9 Å². The van der Waals surface area contributed by atoms with Gasteiger partial charge in [-0.25, -0.2) is 9.79 Å². The number of cyclic esters (lactones) is 1. The zero-order valence-electron chi connectivity index (χ0n) is 16.8. The Morgan fingerprint density at radius 3 is 2.70 bits per heavy atom. The van der Waals surface area contributed by atoms with Gasteiger partial charge in [0, 0.05) is 17.2 Å². The van der Waals surface area contributed by atoms with Gasteiger partial charge in [-0.05, 0) is 49.3 Å². The smallest absolute Gasteiger partial charge is 0.363 e. The van der Waals surface area contributed by atoms with Crippen molar-refractivity contribution in [2.75, 3.05) is 13.7 Å². The van der Waals surface area contributed by atoms with E-state index in [4.69, 9.17) is 14.2 Å². The molecule has 2 aromatic carbocycles. The van der Waals surface area contributed by atoms with E-state index < -0.39 is 10.9 Å². The van der Waals surface area contributed by atoms with Gasteiger partial charge in [0.1, 0.15) is 6.61 Å². The number of ether oxygens (including phenoxy) is 3. The maximum atomic E-state index is 12.2. The van der Waals surface area contributed by atoms with Gasteiger partial charge in [-0.2, -0.15) is 0 Å². The van der Waals surface area contributed by atoms with Gasteiger partial charge in [0.05, 0.1) is 12.0 Å². The molecular weight excluding hydrogens is 388 g/mol. The lowest BCUT2D eigenvalue weighted by atomic mass is 10.1. The summed E-state index contributed by atoms with van der Waals surface area (Å²) in [5.41, 5.74) is 2.39. The molecule has 0 amide bonds. The van der Waals surface area contributed by atoms with E-state index >= 15 is 0 Å². The molecule has 1 heterocycles. The van der Waals surface area contributed by atoms with Crippen molar-refractivity contribution in [3.05, 3.63) is 81.1 Å². The number of methoxy groups -OCH3 is 1. The van der Waals surface area contributed by atoms with Crippen LogP contribution in [0.2, 0.25) is 0 Å². The lowest BCUT2D eigenvalue weighted by Crippen LogP contribution is -2.06. The van der Waals surface area contributed by atoms with Gasteiger partial charge >= 0.3 is 5.97 Å². The molecule has 0 aromatic heterocycles. The Hall–Kier alpha value is -3.94. The second-order valence-electron chi connectivity index (χ2n) is 6.75. The number of carbonyl (C=O) groups excluding carboxylic acids is 1. The second-order valence-corrected chi connectivity index (χ2v) is 6.75. The first kappa shape index (κ1) is 20.8. The Kier molecular flexibility index (Phi) is 5.96. The molecule has 0 bridgehead atoms. The standard InChI is InChI=1S/C22H20N2O6/c1-13(2)12-29-19-8-6-15(10-20(19)28-4)9-17-22(25)30-21(23-17)16-7-5-14(3)18(11-16)24(26)27/h5-11H,1,12H2,2-4H3/b17-9-. The Bertz CT molecular complexity index is 1100. The van der Waals surface area contributed by atoms with Gasteiger partial charge in [-0.3, -0.25) is 10.1 Å². The summed E-state index contributed by atoms with van der Waals surface area (Å²) in [4.78, 5) is 27.1. The molecule has 154 valence electrons. The summed E-state index contributed by atoms with van der Waals surface area (Å²) in [5, 5.41) is 11.2. The number of aliphatic imine (C=N–C) groups is 1. The summed E-state index contributed by atoms with van der Waals surface area (Å²) >= 11 is 0. The normalized spacial score (nSPS) is 14.3. The van der Waals surface area contributed by atoms with Gasteiger partial charge in [0.25, 0.3) is 5.69 Å². The third-order valence-corrected chi connectivity index (χ3v) is 4.24. The van der Waals surface area contributed by atoms with Crippen LogP contribution in [0.3, 0.4) is 0 Å². The SMILES string of the molecule is C=C(C)COc1ccc(/C=C2\N=C(c3ccc(C)c([N+](=O)[O-])c3)OC2=O)cc1OC. The third-order valence-electron chi connectivity index (χ3n) is 4.24. The first-order valence-corrected chi connectivity index (χ1v) is 9.01. The fourth-order valence-electron chi connectivity index (χ4n) is 2.72. The number of hydrogen-bond acceptors (Lipinski definition) is 7. The van der Waals surface area contributed by atoms with Crippen molar-refractivity contribution in [2.45, 2.75) is 13.8 Å². The van der Waals surface area contributed by atoms with Crippen LogP contribution >= 0.6 is 0 Å². The van der Waals surface area contributed by atoms with Crippen LogP contribution in [0.25, 0.3) is 6.08 Å². The molecule has 1 aliphatic heterocycles. The monoisotopic (exact) mass is 408 g/mol. The largest absolute Gasteiger partial charge is 0.493 e. The first-order chi connectivity index (χ1) is 14.3. The van der Waals surface area contributed by atoms with E-state index in [0.717, 1.165) is 5.57 Å². The van der Waals surface area contributed by atoms with E-state index in [2.05, 4.69) is 11.6 Å². The van der Waals surface area contributed by atoms with Crippen LogP contribution in [0, 0.1) is 17.0 Å². The molecular formula is C22H20N2O6. The van der Waals surface area contributed by atoms with Crippen molar-refractivity contribution in [1.29, 1.82) is 0 Å². The maximum absolute atomic E-state index is 12.2. The summed E-state index contributed by atoms with van der Waals surface area (Å²) in [6.45, 7) is 7.64. The topological polar surface area (TPSA) is 100 Å². The first-order valence-electron chi connectivity index (χ1n) is 9.01. The van der Waals surface area contributed by atoms with Gasteiger partial charge in [-0.1, -0.05) is 18.7 Å². The van der Waals surface area contributed by atoms with Crippen molar-refractivity contribution in [3.63, 3.8) is 0 Å². The number of nitro benzene ring substituents is 1. The minimum absolute atomic E-state index is 0.0164. The molecule has 0 fully saturated rings. The summed E-state index contributed by atoms with van der Waals surface area (Å²) in [6, 6.07) is 9.72. The highest BCUT2D eigenvalue weighted by molar-refractivity contribution is 6.13. The van der Waals surface area contributed by atoms with Crippen LogP contribution in [0.5, 0.6) is 11.5 Å². The number of carbonyl (C=O) groups is 1. The molecule has 0 atom stereocenters. The number of nitrogens with zero attached hydrogens (tertiary/aromatic N) is 2. The fourth-order valence-corrected chi connectivity index (χ4v) is 2.72. The lowest BCUT2D eigenvalue weighted by molar-refractivity contribution is -0.385. The highest BCUT2D eigenvalue weighted by Crippen LogP contribution is 2.30. The highest BCUT2D eigenvalue weighted by atomic mass is 16.6. The summed E-state index contributed by atoms with van der Waals surface area (Å²) in [6.07, 6.45) is 1.54. The molecule has 8 nitrogen and oxygen atoms in total. The molecule has 0 N–H and O–H groups in total. The third kappa shape index (κ3) is 4.54. The van der Waals surface area contributed by atoms with Crippen LogP contribution in [0.15, 0.2) is 59.2 Å². The van der Waals surface area contributed by atoms with Crippen molar-refractivity contribution in [3.8, 4) is 11.5 Å². The molecule has 8 heteroatoms. The van der Waals surface area contributed by atoms with Crippen LogP contribution < -0.4 is 9.47 Å².